The van der Waals surface area contributed by atoms with Gasteiger partial charge in [-0.25, -0.2) is 4.79 Å². The molecule has 8 heteroatoms. The van der Waals surface area contributed by atoms with E-state index in [9.17, 15) is 19.5 Å². The fourth-order valence-corrected chi connectivity index (χ4v) is 5.25. The number of amides is 1. The van der Waals surface area contributed by atoms with Crippen molar-refractivity contribution >= 4 is 41.0 Å². The van der Waals surface area contributed by atoms with Gasteiger partial charge in [0, 0.05) is 21.9 Å². The van der Waals surface area contributed by atoms with Gasteiger partial charge in [0.1, 0.15) is 6.04 Å². The van der Waals surface area contributed by atoms with Crippen molar-refractivity contribution in [3.63, 3.8) is 0 Å². The summed E-state index contributed by atoms with van der Waals surface area (Å²) in [4.78, 5) is 40.4. The Bertz CT molecular complexity index is 1060. The van der Waals surface area contributed by atoms with Gasteiger partial charge in [0.25, 0.3) is 0 Å². The summed E-state index contributed by atoms with van der Waals surface area (Å²) in [6.07, 6.45) is 0.375. The highest BCUT2D eigenvalue weighted by Gasteiger charge is 2.48. The molecule has 2 aromatic rings. The second kappa shape index (κ2) is 11.9. The summed E-state index contributed by atoms with van der Waals surface area (Å²) in [5, 5.41) is 10.7. The molecule has 1 amide bonds. The molecule has 0 saturated carbocycles. The third-order valence-corrected chi connectivity index (χ3v) is 6.81. The van der Waals surface area contributed by atoms with E-state index >= 15 is 0 Å². The molecule has 2 aromatic carbocycles. The monoisotopic (exact) mass is 519 g/mol. The molecule has 3 rings (SSSR count). The van der Waals surface area contributed by atoms with Gasteiger partial charge >= 0.3 is 11.9 Å². The van der Waals surface area contributed by atoms with Crippen LogP contribution in [0, 0.1) is 11.8 Å². The van der Waals surface area contributed by atoms with Crippen LogP contribution in [0.3, 0.4) is 0 Å². The van der Waals surface area contributed by atoms with E-state index in [0.717, 1.165) is 11.1 Å². The van der Waals surface area contributed by atoms with E-state index in [4.69, 9.17) is 27.9 Å². The lowest BCUT2D eigenvalue weighted by Gasteiger charge is -2.47. The summed E-state index contributed by atoms with van der Waals surface area (Å²) < 4.78 is 5.39. The fraction of sp³-hybridized carbons (Fsp3) is 0.444. The average molecular weight is 520 g/mol. The number of ether oxygens (including phenoxy) is 1. The minimum atomic E-state index is -1.06. The molecule has 0 spiro atoms. The first-order valence-electron chi connectivity index (χ1n) is 11.8. The molecule has 0 bridgehead atoms. The van der Waals surface area contributed by atoms with Gasteiger partial charge in [0.15, 0.2) is 0 Å². The zero-order valence-corrected chi connectivity index (χ0v) is 21.6. The second-order valence-corrected chi connectivity index (χ2v) is 10.2. The van der Waals surface area contributed by atoms with Crippen molar-refractivity contribution in [2.75, 3.05) is 6.61 Å². The number of benzene rings is 2. The van der Waals surface area contributed by atoms with Crippen LogP contribution < -0.4 is 0 Å². The Morgan fingerprint density at radius 1 is 1.09 bits per heavy atom. The van der Waals surface area contributed by atoms with Crippen molar-refractivity contribution in [2.45, 2.75) is 58.0 Å². The van der Waals surface area contributed by atoms with Crippen LogP contribution in [0.25, 0.3) is 0 Å². The lowest BCUT2D eigenvalue weighted by Crippen LogP contribution is -2.55. The van der Waals surface area contributed by atoms with Crippen molar-refractivity contribution in [3.05, 3.63) is 69.7 Å². The molecule has 4 atom stereocenters. The summed E-state index contributed by atoms with van der Waals surface area (Å²) >= 11 is 12.5. The summed E-state index contributed by atoms with van der Waals surface area (Å²) in [7, 11) is 0. The normalized spacial score (nSPS) is 21.1. The molecular formula is C27H31Cl2NO5. The van der Waals surface area contributed by atoms with Crippen molar-refractivity contribution in [2.24, 2.45) is 11.8 Å². The number of halogens is 2. The van der Waals surface area contributed by atoms with E-state index in [2.05, 4.69) is 0 Å². The van der Waals surface area contributed by atoms with E-state index in [-0.39, 0.29) is 30.8 Å². The van der Waals surface area contributed by atoms with Crippen LogP contribution in [0.15, 0.2) is 48.5 Å². The SMILES string of the molecule is CCOC(=O)[C@H](CC(C)C)N1C(=O)[C@@H](CC(=O)O)C[C@H](c2cccc(Cl)c2)[C@H]1c1ccc(Cl)cc1. The van der Waals surface area contributed by atoms with Gasteiger partial charge in [-0.2, -0.15) is 0 Å². The molecule has 0 aromatic heterocycles. The van der Waals surface area contributed by atoms with Crippen LogP contribution in [-0.4, -0.2) is 40.5 Å². The molecule has 1 heterocycles. The van der Waals surface area contributed by atoms with E-state index in [1.54, 1.807) is 30.0 Å². The third-order valence-electron chi connectivity index (χ3n) is 6.32. The lowest BCUT2D eigenvalue weighted by molar-refractivity contribution is -0.164. The van der Waals surface area contributed by atoms with Crippen LogP contribution in [-0.2, 0) is 19.1 Å². The fourth-order valence-electron chi connectivity index (χ4n) is 4.92. The molecule has 0 aliphatic carbocycles. The number of hydrogen-bond acceptors (Lipinski definition) is 4. The number of carboxylic acids is 1. The van der Waals surface area contributed by atoms with Crippen LogP contribution in [0.4, 0.5) is 0 Å². The Kier molecular flexibility index (Phi) is 9.20. The second-order valence-electron chi connectivity index (χ2n) is 9.33. The number of nitrogens with zero attached hydrogens (tertiary/aromatic N) is 1. The first kappa shape index (κ1) is 27.0. The highest BCUT2D eigenvalue weighted by Crippen LogP contribution is 2.48. The predicted molar refractivity (Wildman–Crippen MR) is 135 cm³/mol. The smallest absolute Gasteiger partial charge is 0.328 e. The summed E-state index contributed by atoms with van der Waals surface area (Å²) in [5.41, 5.74) is 1.68. The van der Waals surface area contributed by atoms with Gasteiger partial charge in [0.2, 0.25) is 5.91 Å². The third kappa shape index (κ3) is 6.56. The highest BCUT2D eigenvalue weighted by molar-refractivity contribution is 6.30. The zero-order chi connectivity index (χ0) is 25.7. The van der Waals surface area contributed by atoms with Gasteiger partial charge in [-0.05, 0) is 61.1 Å². The van der Waals surface area contributed by atoms with E-state index in [0.29, 0.717) is 22.9 Å². The van der Waals surface area contributed by atoms with E-state index < -0.39 is 29.9 Å². The molecule has 0 unspecified atom stereocenters. The Hall–Kier alpha value is -2.57. The number of carboxylic acid groups (broad SMARTS) is 1. The van der Waals surface area contributed by atoms with Gasteiger partial charge in [-0.15, -0.1) is 0 Å². The molecule has 1 aliphatic heterocycles. The molecule has 1 N–H and O–H groups in total. The van der Waals surface area contributed by atoms with Crippen LogP contribution in [0.1, 0.15) is 63.1 Å². The Morgan fingerprint density at radius 2 is 1.77 bits per heavy atom. The Morgan fingerprint density at radius 3 is 2.34 bits per heavy atom. The first-order valence-corrected chi connectivity index (χ1v) is 12.6. The van der Waals surface area contributed by atoms with Crippen molar-refractivity contribution in [1.82, 2.24) is 4.90 Å². The van der Waals surface area contributed by atoms with E-state index in [1.807, 2.05) is 44.2 Å². The largest absolute Gasteiger partial charge is 0.481 e. The average Bonchev–Trinajstić information content (AvgIpc) is 2.79. The Balaban J connectivity index is 2.23. The molecule has 35 heavy (non-hydrogen) atoms. The molecule has 6 nitrogen and oxygen atoms in total. The molecule has 188 valence electrons. The van der Waals surface area contributed by atoms with Crippen LogP contribution >= 0.6 is 23.2 Å². The maximum absolute atomic E-state index is 13.9. The molecule has 1 saturated heterocycles. The first-order chi connectivity index (χ1) is 16.6. The van der Waals surface area contributed by atoms with Gasteiger partial charge in [0.05, 0.1) is 19.1 Å². The molecule has 0 radical (unpaired) electrons. The number of carbonyl (C=O) groups excluding carboxylic acids is 2. The number of piperidine rings is 1. The maximum Gasteiger partial charge on any atom is 0.328 e. The van der Waals surface area contributed by atoms with Gasteiger partial charge in [-0.3, -0.25) is 9.59 Å². The summed E-state index contributed by atoms with van der Waals surface area (Å²) in [5.74, 6) is -2.90. The number of hydrogen-bond donors (Lipinski definition) is 1. The van der Waals surface area contributed by atoms with Crippen molar-refractivity contribution < 1.29 is 24.2 Å². The number of esters is 1. The van der Waals surface area contributed by atoms with Crippen molar-refractivity contribution in [1.29, 1.82) is 0 Å². The van der Waals surface area contributed by atoms with Gasteiger partial charge in [-0.1, -0.05) is 61.3 Å². The molecule has 1 fully saturated rings. The minimum Gasteiger partial charge on any atom is -0.481 e. The van der Waals surface area contributed by atoms with Crippen LogP contribution in [0.5, 0.6) is 0 Å². The van der Waals surface area contributed by atoms with E-state index in [1.165, 1.54) is 0 Å². The number of likely N-dealkylation sites (tertiary alicyclic amines) is 1. The zero-order valence-electron chi connectivity index (χ0n) is 20.1. The Labute approximate surface area is 216 Å². The lowest BCUT2D eigenvalue weighted by atomic mass is 9.74. The molecule has 1 aliphatic rings. The van der Waals surface area contributed by atoms with Crippen molar-refractivity contribution in [3.8, 4) is 0 Å². The molecular weight excluding hydrogens is 489 g/mol. The summed E-state index contributed by atoms with van der Waals surface area (Å²) in [6.45, 7) is 5.85. The minimum absolute atomic E-state index is 0.0903. The number of carbonyl (C=O) groups is 3. The standard InChI is InChI=1S/C27H31Cl2NO5/c1-4-35-27(34)23(12-16(2)3)30-25(17-8-10-20(28)11-9-17)22(18-6-5-7-21(29)13-18)14-19(26(30)33)15-24(31)32/h5-11,13,16,19,22-23,25H,4,12,14-15H2,1-3H3,(H,31,32)/t19-,22-,23+,25-/m1/s1. The quantitative estimate of drug-likeness (QED) is 0.403. The summed E-state index contributed by atoms with van der Waals surface area (Å²) in [6, 6.07) is 13.2. The predicted octanol–water partition coefficient (Wildman–Crippen LogP) is 6.12. The highest BCUT2D eigenvalue weighted by atomic mass is 35.5. The number of rotatable bonds is 9. The number of aliphatic carboxylic acids is 1. The maximum atomic E-state index is 13.9. The van der Waals surface area contributed by atoms with Crippen LogP contribution in [0.2, 0.25) is 10.0 Å². The topological polar surface area (TPSA) is 83.9 Å². The van der Waals surface area contributed by atoms with Gasteiger partial charge < -0.3 is 14.7 Å².